The van der Waals surface area contributed by atoms with Crippen LogP contribution in [-0.4, -0.2) is 19.3 Å². The summed E-state index contributed by atoms with van der Waals surface area (Å²) < 4.78 is 0. The number of piperidine rings is 1. The van der Waals surface area contributed by atoms with E-state index >= 15 is 0 Å². The van der Waals surface area contributed by atoms with Gasteiger partial charge < -0.3 is 5.32 Å². The fourth-order valence-corrected chi connectivity index (χ4v) is 7.24. The molecule has 2 fully saturated rings. The van der Waals surface area contributed by atoms with Crippen LogP contribution in [0.5, 0.6) is 0 Å². The summed E-state index contributed by atoms with van der Waals surface area (Å²) in [6.45, 7) is 5.00. The standard InChI is InChI=1S/C22H29P.C5H11N.ClH.Ru/c1-19(20-11-5-2-6-12-20)17-18-23(21-13-7-3-8-14-21)22-15-9-4-10-16-22;1-2-4-6-5-3-1;;/h3-4,7-10,13-16,19-20H,2,5-6,11-12,17-18H2,1H3;6H,1-5H2;1H;/q;;;+3. The van der Waals surface area contributed by atoms with E-state index in [1.54, 1.807) is 0 Å². The van der Waals surface area contributed by atoms with Gasteiger partial charge in [0, 0.05) is 0 Å². The van der Waals surface area contributed by atoms with Crippen LogP contribution < -0.4 is 15.9 Å². The van der Waals surface area contributed by atoms with Gasteiger partial charge in [-0.15, -0.1) is 12.4 Å². The fourth-order valence-electron chi connectivity index (χ4n) is 4.70. The molecular formula is C27H41ClNPRu+3. The van der Waals surface area contributed by atoms with Gasteiger partial charge >= 0.3 is 19.5 Å². The zero-order valence-electron chi connectivity index (χ0n) is 19.1. The number of halogens is 1. The van der Waals surface area contributed by atoms with Crippen molar-refractivity contribution in [1.29, 1.82) is 0 Å². The predicted molar refractivity (Wildman–Crippen MR) is 138 cm³/mol. The summed E-state index contributed by atoms with van der Waals surface area (Å²) in [5.74, 6) is 1.86. The van der Waals surface area contributed by atoms with E-state index in [-0.39, 0.29) is 39.8 Å². The Kier molecular flexibility index (Phi) is 16.0. The first-order valence-corrected chi connectivity index (χ1v) is 13.5. The van der Waals surface area contributed by atoms with E-state index in [1.807, 2.05) is 0 Å². The van der Waals surface area contributed by atoms with Crippen molar-refractivity contribution in [3.63, 3.8) is 0 Å². The molecule has 2 aromatic rings. The van der Waals surface area contributed by atoms with Crippen LogP contribution in [0.15, 0.2) is 60.7 Å². The molecule has 2 aliphatic rings. The van der Waals surface area contributed by atoms with Crippen molar-refractivity contribution in [2.45, 2.75) is 64.7 Å². The second-order valence-electron chi connectivity index (χ2n) is 8.80. The van der Waals surface area contributed by atoms with E-state index in [4.69, 9.17) is 0 Å². The van der Waals surface area contributed by atoms with Gasteiger partial charge in [-0.25, -0.2) is 0 Å². The zero-order chi connectivity index (χ0) is 20.2. The third kappa shape index (κ3) is 10.5. The largest absolute Gasteiger partial charge is 3.00 e. The first kappa shape index (κ1) is 28.8. The summed E-state index contributed by atoms with van der Waals surface area (Å²) in [6, 6.07) is 22.3. The predicted octanol–water partition coefficient (Wildman–Crippen LogP) is 6.91. The first-order chi connectivity index (χ1) is 14.3. The SMILES string of the molecule is C1CCNCC1.CC(CCP(c1ccccc1)c1ccccc1)C1CCCCC1.Cl.[Ru+3]. The van der Waals surface area contributed by atoms with Gasteiger partial charge in [-0.05, 0) is 68.9 Å². The van der Waals surface area contributed by atoms with Crippen LogP contribution in [0.25, 0.3) is 0 Å². The molecule has 1 saturated carbocycles. The molecule has 4 rings (SSSR count). The van der Waals surface area contributed by atoms with Gasteiger partial charge in [0.25, 0.3) is 0 Å². The smallest absolute Gasteiger partial charge is 0.317 e. The maximum atomic E-state index is 3.28. The van der Waals surface area contributed by atoms with E-state index in [9.17, 15) is 0 Å². The molecule has 1 saturated heterocycles. The number of hydrogen-bond donors (Lipinski definition) is 1. The fraction of sp³-hybridized carbons (Fsp3) is 0.556. The molecule has 171 valence electrons. The molecule has 1 nitrogen and oxygen atoms in total. The molecular weight excluding hydrogens is 506 g/mol. The molecule has 31 heavy (non-hydrogen) atoms. The van der Waals surface area contributed by atoms with Crippen molar-refractivity contribution >= 4 is 30.9 Å². The van der Waals surface area contributed by atoms with E-state index < -0.39 is 0 Å². The van der Waals surface area contributed by atoms with Crippen LogP contribution in [-0.2, 0) is 19.5 Å². The van der Waals surface area contributed by atoms with Crippen LogP contribution in [0.3, 0.4) is 0 Å². The van der Waals surface area contributed by atoms with Crippen molar-refractivity contribution in [2.24, 2.45) is 11.8 Å². The molecule has 1 aliphatic carbocycles. The molecule has 0 bridgehead atoms. The monoisotopic (exact) mass is 547 g/mol. The van der Waals surface area contributed by atoms with Crippen molar-refractivity contribution in [3.8, 4) is 0 Å². The summed E-state index contributed by atoms with van der Waals surface area (Å²) in [4.78, 5) is 0. The van der Waals surface area contributed by atoms with Gasteiger partial charge in [-0.2, -0.15) is 0 Å². The normalized spacial score (nSPS) is 17.5. The Hall–Kier alpha value is -0.257. The molecule has 1 atom stereocenters. The number of nitrogens with one attached hydrogen (secondary N) is 1. The topological polar surface area (TPSA) is 12.0 Å². The first-order valence-electron chi connectivity index (χ1n) is 11.9. The molecule has 1 aliphatic heterocycles. The summed E-state index contributed by atoms with van der Waals surface area (Å²) in [5, 5.41) is 6.35. The van der Waals surface area contributed by atoms with Gasteiger partial charge in [0.2, 0.25) is 0 Å². The Morgan fingerprint density at radius 3 is 1.68 bits per heavy atom. The molecule has 0 amide bonds. The third-order valence-electron chi connectivity index (χ3n) is 6.61. The molecule has 1 N–H and O–H groups in total. The molecule has 2 aromatic carbocycles. The summed E-state index contributed by atoms with van der Waals surface area (Å²) >= 11 is 0. The van der Waals surface area contributed by atoms with Crippen LogP contribution in [0.2, 0.25) is 0 Å². The molecule has 0 spiro atoms. The summed E-state index contributed by atoms with van der Waals surface area (Å²) in [5.41, 5.74) is 0. The Bertz CT molecular complexity index is 608. The Labute approximate surface area is 211 Å². The molecule has 1 heterocycles. The van der Waals surface area contributed by atoms with Gasteiger partial charge in [0.15, 0.2) is 0 Å². The van der Waals surface area contributed by atoms with Gasteiger partial charge in [-0.1, -0.05) is 106 Å². The number of hydrogen-bond acceptors (Lipinski definition) is 1. The second kappa shape index (κ2) is 17.2. The van der Waals surface area contributed by atoms with Crippen LogP contribution >= 0.6 is 20.3 Å². The minimum absolute atomic E-state index is 0. The molecule has 0 aromatic heterocycles. The molecule has 1 unspecified atom stereocenters. The van der Waals surface area contributed by atoms with Gasteiger partial charge in [0.05, 0.1) is 0 Å². The molecule has 4 heteroatoms. The van der Waals surface area contributed by atoms with Gasteiger partial charge in [-0.3, -0.25) is 0 Å². The third-order valence-corrected chi connectivity index (χ3v) is 9.15. The Morgan fingerprint density at radius 1 is 0.774 bits per heavy atom. The van der Waals surface area contributed by atoms with Crippen molar-refractivity contribution in [3.05, 3.63) is 60.7 Å². The van der Waals surface area contributed by atoms with Crippen molar-refractivity contribution in [1.82, 2.24) is 5.32 Å². The van der Waals surface area contributed by atoms with E-state index in [2.05, 4.69) is 72.9 Å². The maximum absolute atomic E-state index is 3.28. The van der Waals surface area contributed by atoms with Crippen molar-refractivity contribution in [2.75, 3.05) is 19.3 Å². The van der Waals surface area contributed by atoms with E-state index in [0.717, 1.165) is 11.8 Å². The average molecular weight is 547 g/mol. The van der Waals surface area contributed by atoms with Crippen molar-refractivity contribution < 1.29 is 19.5 Å². The Balaban J connectivity index is 0.000000522. The minimum Gasteiger partial charge on any atom is -0.317 e. The minimum atomic E-state index is -0.204. The second-order valence-corrected chi connectivity index (χ2v) is 11.1. The quantitative estimate of drug-likeness (QED) is 0.307. The zero-order valence-corrected chi connectivity index (χ0v) is 22.6. The summed E-state index contributed by atoms with van der Waals surface area (Å²) in [6.07, 6.45) is 14.2. The van der Waals surface area contributed by atoms with Crippen LogP contribution in [0, 0.1) is 11.8 Å². The number of benzene rings is 2. The number of rotatable bonds is 6. The summed E-state index contributed by atoms with van der Waals surface area (Å²) in [7, 11) is -0.204. The maximum Gasteiger partial charge on any atom is 3.00 e. The van der Waals surface area contributed by atoms with Gasteiger partial charge in [0.1, 0.15) is 0 Å². The van der Waals surface area contributed by atoms with E-state index in [1.165, 1.54) is 87.6 Å². The van der Waals surface area contributed by atoms with Crippen LogP contribution in [0.1, 0.15) is 64.7 Å². The molecule has 1 radical (unpaired) electrons. The Morgan fingerprint density at radius 2 is 1.26 bits per heavy atom. The van der Waals surface area contributed by atoms with Crippen LogP contribution in [0.4, 0.5) is 0 Å². The van der Waals surface area contributed by atoms with E-state index in [0.29, 0.717) is 0 Å². The average Bonchev–Trinajstić information content (AvgIpc) is 2.82.